The number of hydrogen-bond acceptors (Lipinski definition) is 3. The first kappa shape index (κ1) is 14.1. The third-order valence-corrected chi connectivity index (χ3v) is 4.05. The summed E-state index contributed by atoms with van der Waals surface area (Å²) in [6.07, 6.45) is 3.08. The van der Waals surface area contributed by atoms with Gasteiger partial charge in [0.25, 0.3) is 0 Å². The zero-order valence-corrected chi connectivity index (χ0v) is 11.4. The zero-order valence-electron chi connectivity index (χ0n) is 11.4. The van der Waals surface area contributed by atoms with Gasteiger partial charge in [0.05, 0.1) is 11.5 Å². The normalized spacial score (nSPS) is 28.4. The summed E-state index contributed by atoms with van der Waals surface area (Å²) in [5.41, 5.74) is -0.241. The molecule has 6 nitrogen and oxygen atoms in total. The highest BCUT2D eigenvalue weighted by molar-refractivity contribution is 5.75. The maximum absolute atomic E-state index is 12.0. The van der Waals surface area contributed by atoms with Crippen LogP contribution in [0.4, 0.5) is 4.79 Å². The number of carboxylic acid groups (broad SMARTS) is 1. The van der Waals surface area contributed by atoms with Gasteiger partial charge < -0.3 is 20.1 Å². The summed E-state index contributed by atoms with van der Waals surface area (Å²) in [4.78, 5) is 24.5. The number of carbonyl (C=O) groups excluding carboxylic acids is 1. The van der Waals surface area contributed by atoms with Crippen LogP contribution in [0.15, 0.2) is 0 Å². The van der Waals surface area contributed by atoms with Gasteiger partial charge in [-0.1, -0.05) is 0 Å². The van der Waals surface area contributed by atoms with E-state index in [1.54, 1.807) is 4.90 Å². The Morgan fingerprint density at radius 3 is 2.63 bits per heavy atom. The van der Waals surface area contributed by atoms with Crippen molar-refractivity contribution in [2.45, 2.75) is 38.2 Å². The minimum Gasteiger partial charge on any atom is -0.481 e. The number of amides is 2. The quantitative estimate of drug-likeness (QED) is 0.803. The highest BCUT2D eigenvalue weighted by atomic mass is 16.5. The van der Waals surface area contributed by atoms with Crippen LogP contribution in [-0.4, -0.2) is 53.8 Å². The average molecular weight is 270 g/mol. The molecule has 0 aromatic heterocycles. The monoisotopic (exact) mass is 270 g/mol. The Morgan fingerprint density at radius 1 is 1.42 bits per heavy atom. The standard InChI is InChI=1S/C13H22N2O4/c1-13(5-2-8-19-13)9-14-12(18)15-6-3-10(4-7-15)11(16)17/h10H,2-9H2,1H3,(H,14,18)(H,16,17). The Kier molecular flexibility index (Phi) is 4.29. The van der Waals surface area contributed by atoms with E-state index in [9.17, 15) is 9.59 Å². The molecular weight excluding hydrogens is 248 g/mol. The van der Waals surface area contributed by atoms with Gasteiger partial charge in [-0.25, -0.2) is 4.79 Å². The lowest BCUT2D eigenvalue weighted by Gasteiger charge is -2.31. The van der Waals surface area contributed by atoms with Gasteiger partial charge in [-0.2, -0.15) is 0 Å². The molecule has 2 fully saturated rings. The minimum atomic E-state index is -0.757. The molecule has 0 spiro atoms. The lowest BCUT2D eigenvalue weighted by atomic mass is 9.97. The number of urea groups is 1. The molecule has 1 atom stereocenters. The van der Waals surface area contributed by atoms with E-state index in [0.717, 1.165) is 19.4 Å². The Labute approximate surface area is 113 Å². The summed E-state index contributed by atoms with van der Waals surface area (Å²) in [6, 6.07) is -0.111. The molecule has 0 aliphatic carbocycles. The van der Waals surface area contributed by atoms with Crippen LogP contribution in [0.25, 0.3) is 0 Å². The van der Waals surface area contributed by atoms with Gasteiger partial charge >= 0.3 is 12.0 Å². The van der Waals surface area contributed by atoms with Crippen LogP contribution in [0.3, 0.4) is 0 Å². The molecule has 6 heteroatoms. The van der Waals surface area contributed by atoms with Gasteiger partial charge in [0.2, 0.25) is 0 Å². The van der Waals surface area contributed by atoms with E-state index in [1.165, 1.54) is 0 Å². The molecule has 2 aliphatic heterocycles. The van der Waals surface area contributed by atoms with E-state index in [1.807, 2.05) is 6.92 Å². The van der Waals surface area contributed by atoms with Gasteiger partial charge in [-0.3, -0.25) is 4.79 Å². The Balaban J connectivity index is 1.74. The van der Waals surface area contributed by atoms with Crippen molar-refractivity contribution in [2.24, 2.45) is 5.92 Å². The largest absolute Gasteiger partial charge is 0.481 e. The minimum absolute atomic E-state index is 0.111. The Morgan fingerprint density at radius 2 is 2.11 bits per heavy atom. The number of likely N-dealkylation sites (tertiary alicyclic amines) is 1. The van der Waals surface area contributed by atoms with Gasteiger partial charge in [-0.05, 0) is 32.6 Å². The second kappa shape index (κ2) is 5.77. The molecule has 0 radical (unpaired) electrons. The fraction of sp³-hybridized carbons (Fsp3) is 0.846. The highest BCUT2D eigenvalue weighted by Crippen LogP contribution is 2.24. The predicted octanol–water partition coefficient (Wildman–Crippen LogP) is 1.06. The van der Waals surface area contributed by atoms with Crippen molar-refractivity contribution in [3.05, 3.63) is 0 Å². The lowest BCUT2D eigenvalue weighted by molar-refractivity contribution is -0.143. The first-order valence-corrected chi connectivity index (χ1v) is 6.90. The van der Waals surface area contributed by atoms with Crippen LogP contribution in [0.5, 0.6) is 0 Å². The first-order valence-electron chi connectivity index (χ1n) is 6.90. The average Bonchev–Trinajstić information content (AvgIpc) is 2.83. The maximum Gasteiger partial charge on any atom is 0.317 e. The molecule has 2 aliphatic rings. The zero-order chi connectivity index (χ0) is 13.9. The molecule has 108 valence electrons. The molecule has 2 amide bonds. The molecule has 1 unspecified atom stereocenters. The topological polar surface area (TPSA) is 78.9 Å². The van der Waals surface area contributed by atoms with E-state index in [0.29, 0.717) is 32.5 Å². The van der Waals surface area contributed by atoms with Crippen LogP contribution in [0.1, 0.15) is 32.6 Å². The SMILES string of the molecule is CC1(CNC(=O)N2CCC(C(=O)O)CC2)CCCO1. The highest BCUT2D eigenvalue weighted by Gasteiger charge is 2.32. The number of nitrogens with zero attached hydrogens (tertiary/aromatic N) is 1. The van der Waals surface area contributed by atoms with Crippen molar-refractivity contribution in [1.82, 2.24) is 10.2 Å². The fourth-order valence-corrected chi connectivity index (χ4v) is 2.68. The third-order valence-electron chi connectivity index (χ3n) is 4.05. The van der Waals surface area contributed by atoms with E-state index in [-0.39, 0.29) is 17.6 Å². The second-order valence-electron chi connectivity index (χ2n) is 5.66. The molecule has 2 N–H and O–H groups in total. The number of rotatable bonds is 3. The number of nitrogens with one attached hydrogen (secondary N) is 1. The van der Waals surface area contributed by atoms with Gasteiger partial charge in [0.15, 0.2) is 0 Å². The van der Waals surface area contributed by atoms with Crippen molar-refractivity contribution < 1.29 is 19.4 Å². The summed E-state index contributed by atoms with van der Waals surface area (Å²) in [5.74, 6) is -1.06. The first-order chi connectivity index (χ1) is 9.00. The van der Waals surface area contributed by atoms with Crippen molar-refractivity contribution >= 4 is 12.0 Å². The van der Waals surface area contributed by atoms with Crippen LogP contribution >= 0.6 is 0 Å². The summed E-state index contributed by atoms with van der Waals surface area (Å²) in [5, 5.41) is 11.8. The maximum atomic E-state index is 12.0. The van der Waals surface area contributed by atoms with E-state index < -0.39 is 5.97 Å². The molecular formula is C13H22N2O4. The number of ether oxygens (including phenoxy) is 1. The predicted molar refractivity (Wildman–Crippen MR) is 68.9 cm³/mol. The summed E-state index contributed by atoms with van der Waals surface area (Å²) in [7, 11) is 0. The smallest absolute Gasteiger partial charge is 0.317 e. The number of hydrogen-bond donors (Lipinski definition) is 2. The molecule has 0 bridgehead atoms. The lowest BCUT2D eigenvalue weighted by Crippen LogP contribution is -2.49. The fourth-order valence-electron chi connectivity index (χ4n) is 2.68. The summed E-state index contributed by atoms with van der Waals surface area (Å²) < 4.78 is 5.62. The second-order valence-corrected chi connectivity index (χ2v) is 5.66. The van der Waals surface area contributed by atoms with Crippen LogP contribution < -0.4 is 5.32 Å². The summed E-state index contributed by atoms with van der Waals surface area (Å²) >= 11 is 0. The van der Waals surface area contributed by atoms with Gasteiger partial charge in [0, 0.05) is 26.2 Å². The number of piperidine rings is 1. The number of carboxylic acids is 1. The third kappa shape index (κ3) is 3.59. The van der Waals surface area contributed by atoms with Gasteiger partial charge in [0.1, 0.15) is 0 Å². The van der Waals surface area contributed by atoms with Crippen molar-refractivity contribution in [3.63, 3.8) is 0 Å². The van der Waals surface area contributed by atoms with Gasteiger partial charge in [-0.15, -0.1) is 0 Å². The summed E-state index contributed by atoms with van der Waals surface area (Å²) in [6.45, 7) is 4.32. The van der Waals surface area contributed by atoms with Crippen LogP contribution in [-0.2, 0) is 9.53 Å². The molecule has 2 saturated heterocycles. The van der Waals surface area contributed by atoms with E-state index in [2.05, 4.69) is 5.32 Å². The molecule has 2 rings (SSSR count). The molecule has 0 aromatic carbocycles. The van der Waals surface area contributed by atoms with Crippen molar-refractivity contribution in [1.29, 1.82) is 0 Å². The molecule has 0 saturated carbocycles. The van der Waals surface area contributed by atoms with Crippen molar-refractivity contribution in [3.8, 4) is 0 Å². The van der Waals surface area contributed by atoms with E-state index in [4.69, 9.17) is 9.84 Å². The van der Waals surface area contributed by atoms with Crippen LogP contribution in [0, 0.1) is 5.92 Å². The molecule has 2 heterocycles. The number of aliphatic carboxylic acids is 1. The Hall–Kier alpha value is -1.30. The Bertz CT molecular complexity index is 345. The molecule has 19 heavy (non-hydrogen) atoms. The number of carbonyl (C=O) groups is 2. The molecule has 0 aromatic rings. The van der Waals surface area contributed by atoms with E-state index >= 15 is 0 Å². The van der Waals surface area contributed by atoms with Crippen molar-refractivity contribution in [2.75, 3.05) is 26.2 Å². The van der Waals surface area contributed by atoms with Crippen LogP contribution in [0.2, 0.25) is 0 Å².